The lowest BCUT2D eigenvalue weighted by Crippen LogP contribution is -2.43. The molecule has 124 valence electrons. The fraction of sp³-hybridized carbons (Fsp3) is 0.278. The Morgan fingerprint density at radius 1 is 1.08 bits per heavy atom. The molecular formula is C18H19N3O3. The van der Waals surface area contributed by atoms with Crippen molar-refractivity contribution in [2.45, 2.75) is 19.3 Å². The van der Waals surface area contributed by atoms with Gasteiger partial charge in [-0.1, -0.05) is 30.3 Å². The second-order valence-corrected chi connectivity index (χ2v) is 5.77. The van der Waals surface area contributed by atoms with E-state index in [2.05, 4.69) is 10.5 Å². The molecule has 0 saturated carbocycles. The third kappa shape index (κ3) is 3.37. The molecule has 6 nitrogen and oxygen atoms in total. The fourth-order valence-electron chi connectivity index (χ4n) is 2.86. The van der Waals surface area contributed by atoms with Gasteiger partial charge in [-0.2, -0.15) is 5.10 Å². The molecule has 2 amide bonds. The Morgan fingerprint density at radius 2 is 1.83 bits per heavy atom. The molecule has 2 aromatic rings. The average Bonchev–Trinajstić information content (AvgIpc) is 2.63. The normalized spacial score (nSPS) is 14.9. The summed E-state index contributed by atoms with van der Waals surface area (Å²) in [5, 5.41) is 15.6. The van der Waals surface area contributed by atoms with Gasteiger partial charge in [-0.25, -0.2) is 5.43 Å². The summed E-state index contributed by atoms with van der Waals surface area (Å²) in [5.41, 5.74) is 2.75. The van der Waals surface area contributed by atoms with Gasteiger partial charge in [0.15, 0.2) is 0 Å². The SMILES string of the molecule is O=C(N/N=C\c1c(O)ccc2ccccc12)C(=O)N1CCCCC1. The molecule has 0 radical (unpaired) electrons. The van der Waals surface area contributed by atoms with Crippen LogP contribution in [0.1, 0.15) is 24.8 Å². The van der Waals surface area contributed by atoms with Crippen molar-refractivity contribution in [3.05, 3.63) is 42.0 Å². The maximum Gasteiger partial charge on any atom is 0.329 e. The maximum absolute atomic E-state index is 12.0. The summed E-state index contributed by atoms with van der Waals surface area (Å²) in [4.78, 5) is 25.5. The number of nitrogens with zero attached hydrogens (tertiary/aromatic N) is 2. The lowest BCUT2D eigenvalue weighted by molar-refractivity contribution is -0.146. The van der Waals surface area contributed by atoms with Gasteiger partial charge >= 0.3 is 11.8 Å². The Balaban J connectivity index is 1.71. The predicted molar refractivity (Wildman–Crippen MR) is 91.8 cm³/mol. The number of amides is 2. The largest absolute Gasteiger partial charge is 0.507 e. The Morgan fingerprint density at radius 3 is 2.62 bits per heavy atom. The van der Waals surface area contributed by atoms with E-state index in [1.54, 1.807) is 17.0 Å². The summed E-state index contributed by atoms with van der Waals surface area (Å²) in [5.74, 6) is -1.25. The van der Waals surface area contributed by atoms with E-state index in [9.17, 15) is 14.7 Å². The first kappa shape index (κ1) is 16.0. The predicted octanol–water partition coefficient (Wildman–Crippen LogP) is 2.01. The molecule has 2 N–H and O–H groups in total. The van der Waals surface area contributed by atoms with E-state index < -0.39 is 11.8 Å². The summed E-state index contributed by atoms with van der Waals surface area (Å²) in [6, 6.07) is 10.9. The number of phenolic OH excluding ortho intramolecular Hbond substituents is 1. The van der Waals surface area contributed by atoms with E-state index in [0.29, 0.717) is 18.7 Å². The molecule has 6 heteroatoms. The van der Waals surface area contributed by atoms with Crippen LogP contribution in [0.4, 0.5) is 0 Å². The molecule has 24 heavy (non-hydrogen) atoms. The smallest absolute Gasteiger partial charge is 0.329 e. The monoisotopic (exact) mass is 325 g/mol. The van der Waals surface area contributed by atoms with Gasteiger partial charge in [0.25, 0.3) is 0 Å². The van der Waals surface area contributed by atoms with Crippen molar-refractivity contribution in [1.29, 1.82) is 0 Å². The second-order valence-electron chi connectivity index (χ2n) is 5.77. The van der Waals surface area contributed by atoms with E-state index in [1.165, 1.54) is 6.21 Å². The van der Waals surface area contributed by atoms with Crippen molar-refractivity contribution in [3.63, 3.8) is 0 Å². The van der Waals surface area contributed by atoms with Crippen LogP contribution in [0.5, 0.6) is 5.75 Å². The molecule has 0 unspecified atom stereocenters. The van der Waals surface area contributed by atoms with Crippen molar-refractivity contribution < 1.29 is 14.7 Å². The first-order chi connectivity index (χ1) is 11.7. The second kappa shape index (κ2) is 7.12. The number of benzene rings is 2. The van der Waals surface area contributed by atoms with Crippen LogP contribution < -0.4 is 5.43 Å². The minimum absolute atomic E-state index is 0.0639. The quantitative estimate of drug-likeness (QED) is 0.503. The van der Waals surface area contributed by atoms with Gasteiger partial charge < -0.3 is 10.0 Å². The van der Waals surface area contributed by atoms with E-state index in [-0.39, 0.29) is 5.75 Å². The fourth-order valence-corrected chi connectivity index (χ4v) is 2.86. The molecule has 1 aliphatic rings. The molecule has 0 aliphatic carbocycles. The highest BCUT2D eigenvalue weighted by atomic mass is 16.3. The molecular weight excluding hydrogens is 306 g/mol. The van der Waals surface area contributed by atoms with Crippen LogP contribution in [0.3, 0.4) is 0 Å². The van der Waals surface area contributed by atoms with Gasteiger partial charge in [-0.15, -0.1) is 0 Å². The van der Waals surface area contributed by atoms with Crippen LogP contribution in [0.2, 0.25) is 0 Å². The van der Waals surface area contributed by atoms with E-state index in [1.807, 2.05) is 24.3 Å². The number of rotatable bonds is 2. The zero-order valence-electron chi connectivity index (χ0n) is 13.2. The number of hydrogen-bond acceptors (Lipinski definition) is 4. The highest BCUT2D eigenvalue weighted by Gasteiger charge is 2.22. The Labute approximate surface area is 139 Å². The van der Waals surface area contributed by atoms with Crippen LogP contribution >= 0.6 is 0 Å². The number of hydrogen-bond donors (Lipinski definition) is 2. The van der Waals surface area contributed by atoms with E-state index >= 15 is 0 Å². The molecule has 0 aromatic heterocycles. The van der Waals surface area contributed by atoms with Gasteiger partial charge in [0.1, 0.15) is 5.75 Å². The lowest BCUT2D eigenvalue weighted by Gasteiger charge is -2.25. The lowest BCUT2D eigenvalue weighted by atomic mass is 10.0. The van der Waals surface area contributed by atoms with Crippen molar-refractivity contribution in [2.75, 3.05) is 13.1 Å². The number of hydrazone groups is 1. The Kier molecular flexibility index (Phi) is 4.74. The molecule has 1 aliphatic heterocycles. The van der Waals surface area contributed by atoms with Crippen LogP contribution in [-0.2, 0) is 9.59 Å². The van der Waals surface area contributed by atoms with Crippen molar-refractivity contribution in [3.8, 4) is 5.75 Å². The minimum atomic E-state index is -0.757. The number of fused-ring (bicyclic) bond motifs is 1. The van der Waals surface area contributed by atoms with Gasteiger partial charge in [0.05, 0.1) is 6.21 Å². The van der Waals surface area contributed by atoms with E-state index in [0.717, 1.165) is 30.0 Å². The molecule has 0 bridgehead atoms. The van der Waals surface area contributed by atoms with E-state index in [4.69, 9.17) is 0 Å². The number of carbonyl (C=O) groups excluding carboxylic acids is 2. The summed E-state index contributed by atoms with van der Waals surface area (Å²) >= 11 is 0. The topological polar surface area (TPSA) is 82.0 Å². The van der Waals surface area contributed by atoms with Gasteiger partial charge in [-0.3, -0.25) is 9.59 Å². The molecule has 2 aromatic carbocycles. The summed E-state index contributed by atoms with van der Waals surface area (Å²) < 4.78 is 0. The standard InChI is InChI=1S/C18H19N3O3/c22-16-9-8-13-6-2-3-7-14(13)15(16)12-19-20-17(23)18(24)21-10-4-1-5-11-21/h2-3,6-9,12,22H,1,4-5,10-11H2,(H,20,23)/b19-12-. The van der Waals surface area contributed by atoms with Crippen molar-refractivity contribution in [1.82, 2.24) is 10.3 Å². The zero-order valence-corrected chi connectivity index (χ0v) is 13.2. The third-order valence-electron chi connectivity index (χ3n) is 4.14. The number of nitrogens with one attached hydrogen (secondary N) is 1. The Hall–Kier alpha value is -2.89. The van der Waals surface area contributed by atoms with Crippen LogP contribution in [-0.4, -0.2) is 41.1 Å². The molecule has 0 atom stereocenters. The Bertz CT molecular complexity index is 795. The minimum Gasteiger partial charge on any atom is -0.507 e. The van der Waals surface area contributed by atoms with Gasteiger partial charge in [-0.05, 0) is 36.1 Å². The maximum atomic E-state index is 12.0. The average molecular weight is 325 g/mol. The zero-order chi connectivity index (χ0) is 16.9. The molecule has 3 rings (SSSR count). The van der Waals surface area contributed by atoms with Crippen molar-refractivity contribution in [2.24, 2.45) is 5.10 Å². The highest BCUT2D eigenvalue weighted by molar-refractivity contribution is 6.35. The third-order valence-corrected chi connectivity index (χ3v) is 4.14. The molecule has 1 heterocycles. The summed E-state index contributed by atoms with van der Waals surface area (Å²) in [7, 11) is 0. The number of aromatic hydroxyl groups is 1. The summed E-state index contributed by atoms with van der Waals surface area (Å²) in [6.07, 6.45) is 4.29. The van der Waals surface area contributed by atoms with Crippen molar-refractivity contribution >= 4 is 28.8 Å². The molecule has 1 fully saturated rings. The molecule has 1 saturated heterocycles. The molecule has 0 spiro atoms. The summed E-state index contributed by atoms with van der Waals surface area (Å²) in [6.45, 7) is 1.22. The van der Waals surface area contributed by atoms with Gasteiger partial charge in [0, 0.05) is 18.7 Å². The first-order valence-electron chi connectivity index (χ1n) is 8.00. The van der Waals surface area contributed by atoms with Crippen LogP contribution in [0.25, 0.3) is 10.8 Å². The number of carbonyl (C=O) groups is 2. The first-order valence-corrected chi connectivity index (χ1v) is 8.00. The number of likely N-dealkylation sites (tertiary alicyclic amines) is 1. The highest BCUT2D eigenvalue weighted by Crippen LogP contribution is 2.25. The number of phenols is 1. The van der Waals surface area contributed by atoms with Crippen LogP contribution in [0.15, 0.2) is 41.5 Å². The number of piperidine rings is 1. The van der Waals surface area contributed by atoms with Gasteiger partial charge in [0.2, 0.25) is 0 Å². The van der Waals surface area contributed by atoms with Crippen LogP contribution in [0, 0.1) is 0 Å².